The third-order valence-corrected chi connectivity index (χ3v) is 2.99. The van der Waals surface area contributed by atoms with Crippen LogP contribution in [0.3, 0.4) is 0 Å². The van der Waals surface area contributed by atoms with E-state index in [2.05, 4.69) is 18.0 Å². The van der Waals surface area contributed by atoms with Gasteiger partial charge >= 0.3 is 5.97 Å². The summed E-state index contributed by atoms with van der Waals surface area (Å²) in [6.07, 6.45) is 3.36. The smallest absolute Gasteiger partial charge is 0.320 e. The van der Waals surface area contributed by atoms with Crippen molar-refractivity contribution in [3.05, 3.63) is 42.0 Å². The second kappa shape index (κ2) is 4.49. The highest BCUT2D eigenvalue weighted by atomic mass is 16.4. The highest BCUT2D eigenvalue weighted by Gasteiger charge is 2.29. The Morgan fingerprint density at radius 1 is 1.50 bits per heavy atom. The first-order valence-corrected chi connectivity index (χ1v) is 5.42. The Labute approximate surface area is 94.8 Å². The standard InChI is InChI=1S/C13H15NO2/c1-2-9-4-3-5-10(8-9)11-6-7-12(14-11)13(15)16/h2-5,8,11-12,14H,1,6-7H2,(H,15,16). The Morgan fingerprint density at radius 2 is 2.31 bits per heavy atom. The van der Waals surface area contributed by atoms with Crippen molar-refractivity contribution in [2.45, 2.75) is 24.9 Å². The van der Waals surface area contributed by atoms with Gasteiger partial charge in [0.15, 0.2) is 0 Å². The van der Waals surface area contributed by atoms with Crippen molar-refractivity contribution < 1.29 is 9.90 Å². The van der Waals surface area contributed by atoms with Gasteiger partial charge in [-0.15, -0.1) is 0 Å². The molecule has 2 atom stereocenters. The average Bonchev–Trinajstić information content (AvgIpc) is 2.78. The molecule has 2 unspecified atom stereocenters. The fraction of sp³-hybridized carbons (Fsp3) is 0.308. The van der Waals surface area contributed by atoms with Crippen molar-refractivity contribution in [3.8, 4) is 0 Å². The van der Waals surface area contributed by atoms with Gasteiger partial charge in [0.2, 0.25) is 0 Å². The van der Waals surface area contributed by atoms with Crippen molar-refractivity contribution in [1.82, 2.24) is 5.32 Å². The van der Waals surface area contributed by atoms with Crippen LogP contribution in [-0.4, -0.2) is 17.1 Å². The van der Waals surface area contributed by atoms with Crippen LogP contribution in [0.5, 0.6) is 0 Å². The van der Waals surface area contributed by atoms with Gasteiger partial charge in [-0.2, -0.15) is 0 Å². The molecular formula is C13H15NO2. The van der Waals surface area contributed by atoms with Gasteiger partial charge in [-0.25, -0.2) is 0 Å². The summed E-state index contributed by atoms with van der Waals surface area (Å²) in [5.74, 6) is -0.762. The predicted octanol–water partition coefficient (Wildman–Crippen LogP) is 2.21. The lowest BCUT2D eigenvalue weighted by Crippen LogP contribution is -2.31. The molecule has 3 heteroatoms. The van der Waals surface area contributed by atoms with E-state index in [1.54, 1.807) is 6.08 Å². The SMILES string of the molecule is C=Cc1cccc(C2CCC(C(=O)O)N2)c1. The second-order valence-electron chi connectivity index (χ2n) is 4.06. The average molecular weight is 217 g/mol. The van der Waals surface area contributed by atoms with Crippen LogP contribution < -0.4 is 5.32 Å². The van der Waals surface area contributed by atoms with Gasteiger partial charge in [-0.05, 0) is 24.0 Å². The maximum Gasteiger partial charge on any atom is 0.320 e. The van der Waals surface area contributed by atoms with Crippen LogP contribution in [0.2, 0.25) is 0 Å². The van der Waals surface area contributed by atoms with E-state index in [0.29, 0.717) is 6.42 Å². The topological polar surface area (TPSA) is 49.3 Å². The van der Waals surface area contributed by atoms with E-state index in [1.165, 1.54) is 0 Å². The summed E-state index contributed by atoms with van der Waals surface area (Å²) in [7, 11) is 0. The van der Waals surface area contributed by atoms with Crippen molar-refractivity contribution in [1.29, 1.82) is 0 Å². The summed E-state index contributed by atoms with van der Waals surface area (Å²) in [5.41, 5.74) is 2.21. The van der Waals surface area contributed by atoms with E-state index in [1.807, 2.05) is 18.2 Å². The predicted molar refractivity (Wildman–Crippen MR) is 63.1 cm³/mol. The number of hydrogen-bond donors (Lipinski definition) is 2. The molecule has 1 aromatic carbocycles. The number of hydrogen-bond acceptors (Lipinski definition) is 2. The molecule has 0 bridgehead atoms. The highest BCUT2D eigenvalue weighted by molar-refractivity contribution is 5.74. The summed E-state index contributed by atoms with van der Waals surface area (Å²) >= 11 is 0. The second-order valence-corrected chi connectivity index (χ2v) is 4.06. The van der Waals surface area contributed by atoms with Gasteiger partial charge in [0.05, 0.1) is 0 Å². The Balaban J connectivity index is 2.13. The summed E-state index contributed by atoms with van der Waals surface area (Å²) in [6, 6.07) is 7.78. The van der Waals surface area contributed by atoms with Crippen molar-refractivity contribution in [2.24, 2.45) is 0 Å². The molecule has 0 aliphatic carbocycles. The van der Waals surface area contributed by atoms with Crippen LogP contribution in [0, 0.1) is 0 Å². The first kappa shape index (κ1) is 10.9. The van der Waals surface area contributed by atoms with Crippen LogP contribution >= 0.6 is 0 Å². The fourth-order valence-electron chi connectivity index (χ4n) is 2.10. The summed E-state index contributed by atoms with van der Waals surface area (Å²) in [6.45, 7) is 3.73. The number of carboxylic acids is 1. The van der Waals surface area contributed by atoms with Gasteiger partial charge in [0, 0.05) is 6.04 Å². The van der Waals surface area contributed by atoms with Crippen molar-refractivity contribution in [2.75, 3.05) is 0 Å². The maximum atomic E-state index is 10.8. The molecule has 2 N–H and O–H groups in total. The molecular weight excluding hydrogens is 202 g/mol. The lowest BCUT2D eigenvalue weighted by Gasteiger charge is -2.12. The van der Waals surface area contributed by atoms with E-state index in [-0.39, 0.29) is 6.04 Å². The van der Waals surface area contributed by atoms with Crippen LogP contribution in [0.4, 0.5) is 0 Å². The number of aliphatic carboxylic acids is 1. The first-order valence-electron chi connectivity index (χ1n) is 5.42. The van der Waals surface area contributed by atoms with E-state index in [9.17, 15) is 4.79 Å². The molecule has 0 spiro atoms. The zero-order valence-corrected chi connectivity index (χ0v) is 9.02. The van der Waals surface area contributed by atoms with Gasteiger partial charge < -0.3 is 5.11 Å². The van der Waals surface area contributed by atoms with E-state index < -0.39 is 12.0 Å². The number of benzene rings is 1. The Bertz CT molecular complexity index is 414. The van der Waals surface area contributed by atoms with Crippen LogP contribution in [-0.2, 0) is 4.79 Å². The van der Waals surface area contributed by atoms with Crippen LogP contribution in [0.1, 0.15) is 30.0 Å². The Morgan fingerprint density at radius 3 is 2.94 bits per heavy atom. The normalized spacial score (nSPS) is 24.2. The van der Waals surface area contributed by atoms with Gasteiger partial charge in [-0.1, -0.05) is 36.9 Å². The molecule has 16 heavy (non-hydrogen) atoms. The molecule has 84 valence electrons. The van der Waals surface area contributed by atoms with Crippen LogP contribution in [0.15, 0.2) is 30.8 Å². The summed E-state index contributed by atoms with van der Waals surface area (Å²) in [5, 5.41) is 12.0. The maximum absolute atomic E-state index is 10.8. The van der Waals surface area contributed by atoms with Gasteiger partial charge in [0.25, 0.3) is 0 Å². The fourth-order valence-corrected chi connectivity index (χ4v) is 2.10. The molecule has 3 nitrogen and oxygen atoms in total. The third kappa shape index (κ3) is 2.14. The molecule has 2 rings (SSSR count). The first-order chi connectivity index (χ1) is 7.70. The van der Waals surface area contributed by atoms with E-state index in [4.69, 9.17) is 5.11 Å². The largest absolute Gasteiger partial charge is 0.480 e. The highest BCUT2D eigenvalue weighted by Crippen LogP contribution is 2.27. The summed E-state index contributed by atoms with van der Waals surface area (Å²) in [4.78, 5) is 10.8. The van der Waals surface area contributed by atoms with Crippen molar-refractivity contribution in [3.63, 3.8) is 0 Å². The lowest BCUT2D eigenvalue weighted by atomic mass is 10.0. The number of carbonyl (C=O) groups is 1. The molecule has 0 amide bonds. The van der Waals surface area contributed by atoms with Crippen LogP contribution in [0.25, 0.3) is 6.08 Å². The molecule has 1 fully saturated rings. The monoisotopic (exact) mass is 217 g/mol. The van der Waals surface area contributed by atoms with E-state index >= 15 is 0 Å². The number of nitrogens with one attached hydrogen (secondary N) is 1. The molecule has 0 radical (unpaired) electrons. The van der Waals surface area contributed by atoms with E-state index in [0.717, 1.165) is 17.5 Å². The summed E-state index contributed by atoms with van der Waals surface area (Å²) < 4.78 is 0. The minimum absolute atomic E-state index is 0.154. The third-order valence-electron chi connectivity index (χ3n) is 2.99. The number of rotatable bonds is 3. The minimum atomic E-state index is -0.762. The van der Waals surface area contributed by atoms with Gasteiger partial charge in [-0.3, -0.25) is 10.1 Å². The quantitative estimate of drug-likeness (QED) is 0.816. The van der Waals surface area contributed by atoms with Gasteiger partial charge in [0.1, 0.15) is 6.04 Å². The molecule has 1 saturated heterocycles. The van der Waals surface area contributed by atoms with Crippen molar-refractivity contribution >= 4 is 12.0 Å². The molecule has 1 aliphatic heterocycles. The molecule has 0 aromatic heterocycles. The lowest BCUT2D eigenvalue weighted by molar-refractivity contribution is -0.139. The zero-order valence-electron chi connectivity index (χ0n) is 9.02. The Kier molecular flexibility index (Phi) is 3.06. The number of carboxylic acid groups (broad SMARTS) is 1. The Hall–Kier alpha value is -1.61. The minimum Gasteiger partial charge on any atom is -0.480 e. The molecule has 1 aromatic rings. The molecule has 0 saturated carbocycles. The molecule has 1 aliphatic rings. The zero-order chi connectivity index (χ0) is 11.5. The molecule has 1 heterocycles.